The molecule has 166 valence electrons. The van der Waals surface area contributed by atoms with Crippen LogP contribution in [0.3, 0.4) is 0 Å². The molecule has 0 spiro atoms. The van der Waals surface area contributed by atoms with E-state index in [1.165, 1.54) is 6.92 Å². The van der Waals surface area contributed by atoms with Crippen molar-refractivity contribution < 1.29 is 33.4 Å². The number of aromatic amines is 1. The van der Waals surface area contributed by atoms with Gasteiger partial charge in [0.15, 0.2) is 6.10 Å². The fraction of sp³-hybridized carbons (Fsp3) is 0.500. The molecule has 0 aromatic carbocycles. The SMILES string of the molecule is CCOC(=O)c1c(C)[nH]c(C(=O)[C@H](C)OC(=O)CN2C(=O)[C@H]3CC=CC[C@@H]3C2=O)c1C. The number of fused-ring (bicyclic) bond motifs is 1. The van der Waals surface area contributed by atoms with Crippen LogP contribution in [0.4, 0.5) is 0 Å². The minimum atomic E-state index is -1.17. The number of amides is 2. The summed E-state index contributed by atoms with van der Waals surface area (Å²) in [6.45, 7) is 6.01. The lowest BCUT2D eigenvalue weighted by atomic mass is 9.85. The summed E-state index contributed by atoms with van der Waals surface area (Å²) in [5, 5.41) is 0. The van der Waals surface area contributed by atoms with Crippen molar-refractivity contribution in [3.05, 3.63) is 34.7 Å². The molecule has 9 heteroatoms. The number of ether oxygens (including phenoxy) is 2. The Morgan fingerprint density at radius 1 is 1.13 bits per heavy atom. The summed E-state index contributed by atoms with van der Waals surface area (Å²) >= 11 is 0. The van der Waals surface area contributed by atoms with Crippen molar-refractivity contribution in [2.75, 3.05) is 13.2 Å². The van der Waals surface area contributed by atoms with Gasteiger partial charge in [0.25, 0.3) is 0 Å². The van der Waals surface area contributed by atoms with E-state index in [1.807, 2.05) is 12.2 Å². The molecule has 1 saturated heterocycles. The Labute approximate surface area is 179 Å². The van der Waals surface area contributed by atoms with Crippen LogP contribution in [-0.4, -0.2) is 58.7 Å². The molecule has 1 aliphatic carbocycles. The Bertz CT molecular complexity index is 949. The molecule has 1 aliphatic heterocycles. The highest BCUT2D eigenvalue weighted by Crippen LogP contribution is 2.34. The van der Waals surface area contributed by atoms with Crippen molar-refractivity contribution in [2.45, 2.75) is 46.6 Å². The maximum Gasteiger partial charge on any atom is 0.340 e. The van der Waals surface area contributed by atoms with E-state index in [9.17, 15) is 24.0 Å². The van der Waals surface area contributed by atoms with Gasteiger partial charge in [0, 0.05) is 5.69 Å². The molecule has 2 heterocycles. The standard InChI is InChI=1S/C22H26N2O7/c1-5-30-22(29)17-11(2)18(23-12(17)3)19(26)13(4)31-16(25)10-24-20(27)14-8-6-7-9-15(14)21(24)28/h6-7,13-15,23H,5,8-10H2,1-4H3/t13-,14-,15-/m0/s1. The number of hydrogen-bond donors (Lipinski definition) is 1. The van der Waals surface area contributed by atoms with Crippen LogP contribution in [0.5, 0.6) is 0 Å². The Kier molecular flexibility index (Phi) is 6.42. The Morgan fingerprint density at radius 2 is 1.71 bits per heavy atom. The van der Waals surface area contributed by atoms with Gasteiger partial charge in [0.05, 0.1) is 29.7 Å². The molecule has 0 saturated carbocycles. The number of aromatic nitrogens is 1. The molecule has 1 aromatic rings. The van der Waals surface area contributed by atoms with Gasteiger partial charge >= 0.3 is 11.9 Å². The monoisotopic (exact) mass is 430 g/mol. The zero-order chi connectivity index (χ0) is 22.9. The van der Waals surface area contributed by atoms with E-state index in [1.54, 1.807) is 20.8 Å². The van der Waals surface area contributed by atoms with Crippen LogP contribution in [0.2, 0.25) is 0 Å². The first-order chi connectivity index (χ1) is 14.7. The molecule has 3 rings (SSSR count). The van der Waals surface area contributed by atoms with Gasteiger partial charge < -0.3 is 14.5 Å². The van der Waals surface area contributed by atoms with Crippen LogP contribution in [0.25, 0.3) is 0 Å². The average molecular weight is 430 g/mol. The molecule has 3 atom stereocenters. The third-order valence-corrected chi connectivity index (χ3v) is 5.73. The molecule has 1 fully saturated rings. The summed E-state index contributed by atoms with van der Waals surface area (Å²) in [6, 6.07) is 0. The maximum absolute atomic E-state index is 12.8. The number of aryl methyl sites for hydroxylation is 1. The number of likely N-dealkylation sites (tertiary alicyclic amines) is 1. The number of ketones is 1. The van der Waals surface area contributed by atoms with Crippen molar-refractivity contribution in [3.8, 4) is 0 Å². The van der Waals surface area contributed by atoms with Crippen molar-refractivity contribution >= 4 is 29.5 Å². The minimum absolute atomic E-state index is 0.145. The lowest BCUT2D eigenvalue weighted by Gasteiger charge is -2.16. The second kappa shape index (κ2) is 8.87. The summed E-state index contributed by atoms with van der Waals surface area (Å²) in [7, 11) is 0. The van der Waals surface area contributed by atoms with Crippen LogP contribution in [0, 0.1) is 25.7 Å². The molecular weight excluding hydrogens is 404 g/mol. The molecule has 0 unspecified atom stereocenters. The van der Waals surface area contributed by atoms with E-state index in [-0.39, 0.29) is 29.7 Å². The summed E-state index contributed by atoms with van der Waals surface area (Å²) < 4.78 is 10.2. The first-order valence-electron chi connectivity index (χ1n) is 10.3. The molecule has 0 bridgehead atoms. The number of rotatable bonds is 7. The van der Waals surface area contributed by atoms with Crippen LogP contribution in [0.1, 0.15) is 58.8 Å². The number of carbonyl (C=O) groups is 5. The topological polar surface area (TPSA) is 123 Å². The molecule has 2 amide bonds. The number of carbonyl (C=O) groups excluding carboxylic acids is 5. The quantitative estimate of drug-likeness (QED) is 0.303. The fourth-order valence-corrected chi connectivity index (χ4v) is 4.15. The van der Waals surface area contributed by atoms with E-state index in [4.69, 9.17) is 9.47 Å². The minimum Gasteiger partial charge on any atom is -0.462 e. The highest BCUT2D eigenvalue weighted by molar-refractivity contribution is 6.08. The predicted molar refractivity (Wildman–Crippen MR) is 108 cm³/mol. The molecule has 0 radical (unpaired) electrons. The van der Waals surface area contributed by atoms with Gasteiger partial charge in [-0.2, -0.15) is 0 Å². The zero-order valence-electron chi connectivity index (χ0n) is 18.0. The van der Waals surface area contributed by atoms with Gasteiger partial charge in [0.1, 0.15) is 6.54 Å². The Balaban J connectivity index is 1.66. The van der Waals surface area contributed by atoms with E-state index in [0.717, 1.165) is 4.90 Å². The van der Waals surface area contributed by atoms with Gasteiger partial charge in [-0.1, -0.05) is 12.2 Å². The Hall–Kier alpha value is -3.23. The summed E-state index contributed by atoms with van der Waals surface area (Å²) in [6.07, 6.45) is 3.50. The van der Waals surface area contributed by atoms with Gasteiger partial charge in [-0.15, -0.1) is 0 Å². The first-order valence-corrected chi connectivity index (χ1v) is 10.3. The molecule has 31 heavy (non-hydrogen) atoms. The van der Waals surface area contributed by atoms with Crippen LogP contribution >= 0.6 is 0 Å². The van der Waals surface area contributed by atoms with Crippen molar-refractivity contribution in [1.29, 1.82) is 0 Å². The largest absolute Gasteiger partial charge is 0.462 e. The maximum atomic E-state index is 12.8. The van der Waals surface area contributed by atoms with Gasteiger partial charge in [-0.25, -0.2) is 4.79 Å². The summed E-state index contributed by atoms with van der Waals surface area (Å²) in [5.74, 6) is -3.55. The zero-order valence-corrected chi connectivity index (χ0v) is 18.0. The number of imide groups is 1. The molecule has 2 aliphatic rings. The second-order valence-corrected chi connectivity index (χ2v) is 7.76. The molecular formula is C22H26N2O7. The summed E-state index contributed by atoms with van der Waals surface area (Å²) in [4.78, 5) is 66.0. The van der Waals surface area contributed by atoms with Crippen molar-refractivity contribution in [3.63, 3.8) is 0 Å². The summed E-state index contributed by atoms with van der Waals surface area (Å²) in [5.41, 5.74) is 1.30. The lowest BCUT2D eigenvalue weighted by molar-refractivity contribution is -0.154. The molecule has 1 aromatic heterocycles. The lowest BCUT2D eigenvalue weighted by Crippen LogP contribution is -2.38. The van der Waals surface area contributed by atoms with E-state index in [2.05, 4.69) is 4.98 Å². The number of allylic oxidation sites excluding steroid dienone is 2. The van der Waals surface area contributed by atoms with Crippen LogP contribution in [0.15, 0.2) is 12.2 Å². The van der Waals surface area contributed by atoms with Gasteiger partial charge in [0.2, 0.25) is 17.6 Å². The number of esters is 2. The number of nitrogens with zero attached hydrogens (tertiary/aromatic N) is 1. The third-order valence-electron chi connectivity index (χ3n) is 5.73. The first kappa shape index (κ1) is 22.5. The Morgan fingerprint density at radius 3 is 2.26 bits per heavy atom. The number of nitrogens with one attached hydrogen (secondary N) is 1. The fourth-order valence-electron chi connectivity index (χ4n) is 4.15. The number of H-pyrrole nitrogens is 1. The highest BCUT2D eigenvalue weighted by atomic mass is 16.5. The van der Waals surface area contributed by atoms with Gasteiger partial charge in [-0.3, -0.25) is 24.1 Å². The second-order valence-electron chi connectivity index (χ2n) is 7.76. The normalized spacial score (nSPS) is 21.1. The van der Waals surface area contributed by atoms with E-state index < -0.39 is 42.2 Å². The van der Waals surface area contributed by atoms with Crippen molar-refractivity contribution in [1.82, 2.24) is 9.88 Å². The average Bonchev–Trinajstić information content (AvgIpc) is 3.16. The number of Topliss-reactive ketones (excluding diaryl/α,β-unsaturated/α-hetero) is 1. The van der Waals surface area contributed by atoms with Crippen LogP contribution < -0.4 is 0 Å². The third kappa shape index (κ3) is 4.17. The predicted octanol–water partition coefficient (Wildman–Crippen LogP) is 1.87. The molecule has 1 N–H and O–H groups in total. The highest BCUT2D eigenvalue weighted by Gasteiger charge is 2.48. The smallest absolute Gasteiger partial charge is 0.340 e. The molecule has 9 nitrogen and oxygen atoms in total. The van der Waals surface area contributed by atoms with Gasteiger partial charge in [-0.05, 0) is 46.1 Å². The number of hydrogen-bond acceptors (Lipinski definition) is 7. The van der Waals surface area contributed by atoms with Crippen LogP contribution in [-0.2, 0) is 23.9 Å². The van der Waals surface area contributed by atoms with E-state index >= 15 is 0 Å². The van der Waals surface area contributed by atoms with E-state index in [0.29, 0.717) is 24.1 Å². The van der Waals surface area contributed by atoms with Crippen molar-refractivity contribution in [2.24, 2.45) is 11.8 Å².